The van der Waals surface area contributed by atoms with Crippen LogP contribution in [0, 0.1) is 0 Å². The van der Waals surface area contributed by atoms with Gasteiger partial charge in [0.2, 0.25) is 0 Å². The Morgan fingerprint density at radius 3 is 2.39 bits per heavy atom. The number of ketones is 1. The molecular weight excluding hydrogens is 454 g/mol. The van der Waals surface area contributed by atoms with Crippen molar-refractivity contribution in [2.45, 2.75) is 77.3 Å². The van der Waals surface area contributed by atoms with E-state index in [0.29, 0.717) is 30.3 Å². The van der Waals surface area contributed by atoms with E-state index in [1.807, 2.05) is 31.2 Å². The Balaban J connectivity index is 1.71. The van der Waals surface area contributed by atoms with Crippen LogP contribution in [0.2, 0.25) is 0 Å². The second kappa shape index (κ2) is 12.1. The van der Waals surface area contributed by atoms with Gasteiger partial charge >= 0.3 is 0 Å². The van der Waals surface area contributed by atoms with Gasteiger partial charge in [-0.2, -0.15) is 0 Å². The summed E-state index contributed by atoms with van der Waals surface area (Å²) in [6.07, 6.45) is 8.14. The van der Waals surface area contributed by atoms with Gasteiger partial charge in [0.1, 0.15) is 17.3 Å². The van der Waals surface area contributed by atoms with E-state index in [1.165, 1.54) is 0 Å². The highest BCUT2D eigenvalue weighted by molar-refractivity contribution is 6.46. The minimum Gasteiger partial charge on any atom is -0.507 e. The van der Waals surface area contributed by atoms with Crippen molar-refractivity contribution in [2.75, 3.05) is 13.2 Å². The van der Waals surface area contributed by atoms with Crippen molar-refractivity contribution in [1.82, 2.24) is 4.90 Å². The molecule has 1 aliphatic heterocycles. The molecule has 0 aromatic heterocycles. The summed E-state index contributed by atoms with van der Waals surface area (Å²) < 4.78 is 11.5. The van der Waals surface area contributed by atoms with E-state index in [0.717, 1.165) is 56.9 Å². The fourth-order valence-electron chi connectivity index (χ4n) is 5.26. The van der Waals surface area contributed by atoms with Gasteiger partial charge in [0.15, 0.2) is 0 Å². The Kier molecular flexibility index (Phi) is 8.68. The Morgan fingerprint density at radius 1 is 0.944 bits per heavy atom. The van der Waals surface area contributed by atoms with Crippen molar-refractivity contribution >= 4 is 17.4 Å². The van der Waals surface area contributed by atoms with Crippen LogP contribution in [0.4, 0.5) is 0 Å². The standard InChI is InChI=1S/C30H37NO5/c1-3-5-9-19-36-24-17-15-21(16-18-24)28(32)26-27(22-11-10-14-25(20-22)35-4-2)31(30(34)29(26)33)23-12-7-6-8-13-23/h10-11,14-18,20,23,27,32H,3-9,12-13,19H2,1-2H3/b28-26-. The largest absolute Gasteiger partial charge is 0.507 e. The number of Topliss-reactive ketones (excluding diaryl/α,β-unsaturated/α-hetero) is 1. The fraction of sp³-hybridized carbons (Fsp3) is 0.467. The van der Waals surface area contributed by atoms with Crippen molar-refractivity contribution in [3.8, 4) is 11.5 Å². The molecular formula is C30H37NO5. The third kappa shape index (κ3) is 5.58. The minimum absolute atomic E-state index is 0.0276. The Labute approximate surface area is 213 Å². The molecule has 192 valence electrons. The van der Waals surface area contributed by atoms with Gasteiger partial charge in [-0.05, 0) is 68.1 Å². The number of benzene rings is 2. The molecule has 6 nitrogen and oxygen atoms in total. The number of unbranched alkanes of at least 4 members (excludes halogenated alkanes) is 2. The number of hydrogen-bond acceptors (Lipinski definition) is 5. The van der Waals surface area contributed by atoms with Gasteiger partial charge < -0.3 is 19.5 Å². The lowest BCUT2D eigenvalue weighted by Crippen LogP contribution is -2.40. The van der Waals surface area contributed by atoms with Crippen LogP contribution < -0.4 is 9.47 Å². The van der Waals surface area contributed by atoms with Crippen LogP contribution in [0.5, 0.6) is 11.5 Å². The molecule has 6 heteroatoms. The second-order valence-corrected chi connectivity index (χ2v) is 9.58. The summed E-state index contributed by atoms with van der Waals surface area (Å²) in [6, 6.07) is 13.9. The summed E-state index contributed by atoms with van der Waals surface area (Å²) in [6.45, 7) is 5.22. The number of carbonyl (C=O) groups is 2. The molecule has 2 aliphatic rings. The average molecular weight is 492 g/mol. The van der Waals surface area contributed by atoms with Crippen LogP contribution in [0.3, 0.4) is 0 Å². The van der Waals surface area contributed by atoms with Gasteiger partial charge in [-0.15, -0.1) is 0 Å². The summed E-state index contributed by atoms with van der Waals surface area (Å²) in [4.78, 5) is 28.4. The maximum Gasteiger partial charge on any atom is 0.295 e. The molecule has 1 amide bonds. The Hall–Kier alpha value is -3.28. The first-order valence-electron chi connectivity index (χ1n) is 13.3. The first-order valence-corrected chi connectivity index (χ1v) is 13.3. The quantitative estimate of drug-likeness (QED) is 0.180. The molecule has 1 heterocycles. The van der Waals surface area contributed by atoms with Crippen LogP contribution in [-0.2, 0) is 9.59 Å². The molecule has 1 aliphatic carbocycles. The number of likely N-dealkylation sites (tertiary alicyclic amines) is 1. The van der Waals surface area contributed by atoms with Gasteiger partial charge in [-0.25, -0.2) is 0 Å². The lowest BCUT2D eigenvalue weighted by molar-refractivity contribution is -0.141. The Bertz CT molecular complexity index is 1080. The van der Waals surface area contributed by atoms with Gasteiger partial charge in [-0.1, -0.05) is 51.2 Å². The van der Waals surface area contributed by atoms with Crippen LogP contribution in [-0.4, -0.2) is 41.0 Å². The molecule has 0 radical (unpaired) electrons. The van der Waals surface area contributed by atoms with E-state index in [1.54, 1.807) is 29.2 Å². The third-order valence-corrected chi connectivity index (χ3v) is 7.08. The number of hydrogen-bond donors (Lipinski definition) is 1. The van der Waals surface area contributed by atoms with E-state index in [2.05, 4.69) is 6.92 Å². The average Bonchev–Trinajstić information content (AvgIpc) is 3.17. The zero-order valence-corrected chi connectivity index (χ0v) is 21.4. The fourth-order valence-corrected chi connectivity index (χ4v) is 5.26. The summed E-state index contributed by atoms with van der Waals surface area (Å²) in [5, 5.41) is 11.4. The van der Waals surface area contributed by atoms with E-state index in [4.69, 9.17) is 9.47 Å². The van der Waals surface area contributed by atoms with Gasteiger partial charge in [0.25, 0.3) is 11.7 Å². The molecule has 0 bridgehead atoms. The van der Waals surface area contributed by atoms with Crippen molar-refractivity contribution in [1.29, 1.82) is 0 Å². The minimum atomic E-state index is -0.654. The van der Waals surface area contributed by atoms with E-state index in [9.17, 15) is 14.7 Å². The molecule has 1 saturated carbocycles. The SMILES string of the molecule is CCCCCOc1ccc(/C(O)=C2/C(=O)C(=O)N(C3CCCCC3)C2c2cccc(OCC)c2)cc1. The number of carbonyl (C=O) groups excluding carboxylic acids is 2. The van der Waals surface area contributed by atoms with Crippen LogP contribution in [0.15, 0.2) is 54.1 Å². The maximum absolute atomic E-state index is 13.4. The molecule has 36 heavy (non-hydrogen) atoms. The zero-order valence-electron chi connectivity index (χ0n) is 21.4. The normalized spacial score (nSPS) is 20.1. The van der Waals surface area contributed by atoms with Gasteiger partial charge in [0.05, 0.1) is 24.8 Å². The van der Waals surface area contributed by atoms with E-state index < -0.39 is 17.7 Å². The maximum atomic E-state index is 13.4. The monoisotopic (exact) mass is 491 g/mol. The number of aliphatic hydroxyl groups is 1. The first-order chi connectivity index (χ1) is 17.5. The molecule has 4 rings (SSSR count). The smallest absolute Gasteiger partial charge is 0.295 e. The molecule has 1 unspecified atom stereocenters. The van der Waals surface area contributed by atoms with E-state index >= 15 is 0 Å². The van der Waals surface area contributed by atoms with Gasteiger partial charge in [0, 0.05) is 11.6 Å². The van der Waals surface area contributed by atoms with Crippen molar-refractivity contribution in [3.05, 3.63) is 65.2 Å². The number of rotatable bonds is 10. The highest BCUT2D eigenvalue weighted by atomic mass is 16.5. The predicted molar refractivity (Wildman–Crippen MR) is 140 cm³/mol. The molecule has 2 aromatic carbocycles. The number of ether oxygens (including phenoxy) is 2. The van der Waals surface area contributed by atoms with Crippen molar-refractivity contribution < 1.29 is 24.2 Å². The van der Waals surface area contributed by atoms with Crippen LogP contribution >= 0.6 is 0 Å². The molecule has 1 N–H and O–H groups in total. The molecule has 2 fully saturated rings. The zero-order chi connectivity index (χ0) is 25.5. The van der Waals surface area contributed by atoms with Crippen LogP contribution in [0.25, 0.3) is 5.76 Å². The molecule has 1 atom stereocenters. The number of nitrogens with zero attached hydrogens (tertiary/aromatic N) is 1. The molecule has 1 saturated heterocycles. The van der Waals surface area contributed by atoms with Crippen molar-refractivity contribution in [2.24, 2.45) is 0 Å². The van der Waals surface area contributed by atoms with Crippen LogP contribution in [0.1, 0.15) is 82.4 Å². The predicted octanol–water partition coefficient (Wildman–Crippen LogP) is 6.41. The summed E-state index contributed by atoms with van der Waals surface area (Å²) in [5.41, 5.74) is 1.39. The number of amides is 1. The first kappa shape index (κ1) is 25.8. The number of aliphatic hydroxyl groups excluding tert-OH is 1. The lowest BCUT2D eigenvalue weighted by Gasteiger charge is -2.35. The summed E-state index contributed by atoms with van der Waals surface area (Å²) >= 11 is 0. The third-order valence-electron chi connectivity index (χ3n) is 7.08. The van der Waals surface area contributed by atoms with Crippen molar-refractivity contribution in [3.63, 3.8) is 0 Å². The molecule has 2 aromatic rings. The second-order valence-electron chi connectivity index (χ2n) is 9.58. The summed E-state index contributed by atoms with van der Waals surface area (Å²) in [5.74, 6) is 0.0620. The highest BCUT2D eigenvalue weighted by Crippen LogP contribution is 2.43. The lowest BCUT2D eigenvalue weighted by atomic mass is 9.91. The highest BCUT2D eigenvalue weighted by Gasteiger charge is 2.48. The molecule has 0 spiro atoms. The Morgan fingerprint density at radius 2 is 1.69 bits per heavy atom. The van der Waals surface area contributed by atoms with E-state index in [-0.39, 0.29) is 17.4 Å². The van der Waals surface area contributed by atoms with Gasteiger partial charge in [-0.3, -0.25) is 9.59 Å². The topological polar surface area (TPSA) is 76.1 Å². The summed E-state index contributed by atoms with van der Waals surface area (Å²) in [7, 11) is 0.